The molecule has 0 aliphatic rings. The summed E-state index contributed by atoms with van der Waals surface area (Å²) in [6.45, 7) is 0. The average molecular weight is 266 g/mol. The van der Waals surface area contributed by atoms with Gasteiger partial charge in [0.15, 0.2) is 5.82 Å². The summed E-state index contributed by atoms with van der Waals surface area (Å²) in [6, 6.07) is 5.29. The molecule has 1 unspecified atom stereocenters. The van der Waals surface area contributed by atoms with Gasteiger partial charge in [-0.2, -0.15) is 0 Å². The summed E-state index contributed by atoms with van der Waals surface area (Å²) in [5.41, 5.74) is 0.319. The van der Waals surface area contributed by atoms with Crippen molar-refractivity contribution in [3.63, 3.8) is 0 Å². The molecule has 0 aliphatic carbocycles. The van der Waals surface area contributed by atoms with Crippen LogP contribution in [0.3, 0.4) is 0 Å². The highest BCUT2D eigenvalue weighted by Crippen LogP contribution is 2.19. The second-order valence-corrected chi connectivity index (χ2v) is 3.53. The Kier molecular flexibility index (Phi) is 3.19. The van der Waals surface area contributed by atoms with Crippen LogP contribution in [-0.2, 0) is 4.79 Å². The molecule has 0 saturated heterocycles. The number of hydrogen-bond donors (Lipinski definition) is 1. The molecule has 2 rings (SSSR count). The van der Waals surface area contributed by atoms with Gasteiger partial charge in [-0.1, -0.05) is 0 Å². The standard InChI is InChI=1S/C10H7FN4O4/c11-8(10(16)17)14-5-12-9(13-14)6-1-3-7(4-2-6)15(18)19/h1-5,8H,(H,16,17). The quantitative estimate of drug-likeness (QED) is 0.661. The van der Waals surface area contributed by atoms with Crippen molar-refractivity contribution < 1.29 is 19.2 Å². The van der Waals surface area contributed by atoms with Gasteiger partial charge in [0.05, 0.1) is 4.92 Å². The summed E-state index contributed by atoms with van der Waals surface area (Å²) >= 11 is 0. The normalized spacial score (nSPS) is 12.1. The van der Waals surface area contributed by atoms with Gasteiger partial charge in [-0.3, -0.25) is 10.1 Å². The highest BCUT2D eigenvalue weighted by molar-refractivity contribution is 5.70. The highest BCUT2D eigenvalue weighted by Gasteiger charge is 2.20. The number of aromatic nitrogens is 3. The summed E-state index contributed by atoms with van der Waals surface area (Å²) in [7, 11) is 0. The van der Waals surface area contributed by atoms with E-state index in [0.29, 0.717) is 10.2 Å². The van der Waals surface area contributed by atoms with E-state index in [1.807, 2.05) is 0 Å². The zero-order valence-corrected chi connectivity index (χ0v) is 9.30. The van der Waals surface area contributed by atoms with E-state index in [-0.39, 0.29) is 11.5 Å². The van der Waals surface area contributed by atoms with Gasteiger partial charge in [0, 0.05) is 17.7 Å². The van der Waals surface area contributed by atoms with E-state index in [1.54, 1.807) is 0 Å². The minimum Gasteiger partial charge on any atom is -0.478 e. The molecule has 1 atom stereocenters. The van der Waals surface area contributed by atoms with Gasteiger partial charge >= 0.3 is 5.97 Å². The van der Waals surface area contributed by atoms with Crippen molar-refractivity contribution in [3.05, 3.63) is 40.7 Å². The molecule has 2 aromatic rings. The monoisotopic (exact) mass is 266 g/mol. The number of alkyl halides is 1. The van der Waals surface area contributed by atoms with Crippen molar-refractivity contribution in [3.8, 4) is 11.4 Å². The van der Waals surface area contributed by atoms with Crippen molar-refractivity contribution >= 4 is 11.7 Å². The van der Waals surface area contributed by atoms with Crippen LogP contribution in [0.5, 0.6) is 0 Å². The van der Waals surface area contributed by atoms with Crippen LogP contribution in [-0.4, -0.2) is 30.8 Å². The average Bonchev–Trinajstić information content (AvgIpc) is 2.87. The molecule has 19 heavy (non-hydrogen) atoms. The number of nitrogens with zero attached hydrogens (tertiary/aromatic N) is 4. The third-order valence-electron chi connectivity index (χ3n) is 2.28. The van der Waals surface area contributed by atoms with E-state index in [9.17, 15) is 19.3 Å². The maximum absolute atomic E-state index is 13.1. The van der Waals surface area contributed by atoms with E-state index in [1.165, 1.54) is 24.3 Å². The number of non-ortho nitro benzene ring substituents is 1. The molecule has 98 valence electrons. The molecule has 0 saturated carbocycles. The van der Waals surface area contributed by atoms with E-state index in [0.717, 1.165) is 6.33 Å². The summed E-state index contributed by atoms with van der Waals surface area (Å²) in [6.07, 6.45) is -1.38. The second kappa shape index (κ2) is 4.80. The molecule has 8 nitrogen and oxygen atoms in total. The van der Waals surface area contributed by atoms with E-state index in [2.05, 4.69) is 10.1 Å². The summed E-state index contributed by atoms with van der Waals surface area (Å²) < 4.78 is 13.7. The minimum absolute atomic E-state index is 0.0822. The predicted molar refractivity (Wildman–Crippen MR) is 59.9 cm³/mol. The SMILES string of the molecule is O=C(O)C(F)n1cnc(-c2ccc([N+](=O)[O-])cc2)n1. The third-order valence-corrected chi connectivity index (χ3v) is 2.28. The Morgan fingerprint density at radius 3 is 2.58 bits per heavy atom. The van der Waals surface area contributed by atoms with Gasteiger partial charge in [0.25, 0.3) is 12.0 Å². The number of hydrogen-bond acceptors (Lipinski definition) is 5. The first-order valence-corrected chi connectivity index (χ1v) is 5.02. The van der Waals surface area contributed by atoms with E-state index >= 15 is 0 Å². The molecule has 0 amide bonds. The fraction of sp³-hybridized carbons (Fsp3) is 0.100. The zero-order valence-electron chi connectivity index (χ0n) is 9.30. The predicted octanol–water partition coefficient (Wildman–Crippen LogP) is 1.41. The first kappa shape index (κ1) is 12.6. The lowest BCUT2D eigenvalue weighted by atomic mass is 10.2. The van der Waals surface area contributed by atoms with Crippen LogP contribution >= 0.6 is 0 Å². The van der Waals surface area contributed by atoms with Crippen molar-refractivity contribution in [2.75, 3.05) is 0 Å². The van der Waals surface area contributed by atoms with Gasteiger partial charge in [0.1, 0.15) is 6.33 Å². The maximum atomic E-state index is 13.1. The summed E-state index contributed by atoms with van der Waals surface area (Å²) in [5.74, 6) is -1.60. The number of nitro groups is 1. The molecule has 1 heterocycles. The van der Waals surface area contributed by atoms with Crippen LogP contribution in [0, 0.1) is 10.1 Å². The lowest BCUT2D eigenvalue weighted by Crippen LogP contribution is -2.14. The number of aliphatic carboxylic acids is 1. The Hall–Kier alpha value is -2.84. The van der Waals surface area contributed by atoms with E-state index < -0.39 is 17.2 Å². The lowest BCUT2D eigenvalue weighted by molar-refractivity contribution is -0.384. The third kappa shape index (κ3) is 2.54. The number of rotatable bonds is 4. The largest absolute Gasteiger partial charge is 0.478 e. The molecule has 0 aliphatic heterocycles. The van der Waals surface area contributed by atoms with Gasteiger partial charge < -0.3 is 5.11 Å². The Balaban J connectivity index is 2.27. The van der Waals surface area contributed by atoms with Gasteiger partial charge in [-0.15, -0.1) is 5.10 Å². The number of carbonyl (C=O) groups is 1. The molecule has 1 N–H and O–H groups in total. The molecular weight excluding hydrogens is 259 g/mol. The maximum Gasteiger partial charge on any atom is 0.361 e. The van der Waals surface area contributed by atoms with Crippen LogP contribution < -0.4 is 0 Å². The van der Waals surface area contributed by atoms with Crippen molar-refractivity contribution in [1.29, 1.82) is 0 Å². The van der Waals surface area contributed by atoms with Crippen molar-refractivity contribution in [2.45, 2.75) is 6.30 Å². The Morgan fingerprint density at radius 1 is 1.42 bits per heavy atom. The lowest BCUT2D eigenvalue weighted by Gasteiger charge is -2.00. The summed E-state index contributed by atoms with van der Waals surface area (Å²) in [4.78, 5) is 24.1. The molecule has 0 radical (unpaired) electrons. The number of carboxylic acids is 1. The topological polar surface area (TPSA) is 111 Å². The summed E-state index contributed by atoms with van der Waals surface area (Å²) in [5, 5.41) is 22.6. The minimum atomic E-state index is -2.32. The first-order chi connectivity index (χ1) is 8.99. The molecule has 0 fully saturated rings. The van der Waals surface area contributed by atoms with Crippen LogP contribution in [0.4, 0.5) is 10.1 Å². The Morgan fingerprint density at radius 2 is 2.05 bits per heavy atom. The van der Waals surface area contributed by atoms with Crippen LogP contribution in [0.25, 0.3) is 11.4 Å². The fourth-order valence-corrected chi connectivity index (χ4v) is 1.36. The number of nitro benzene ring substituents is 1. The molecule has 1 aromatic heterocycles. The van der Waals surface area contributed by atoms with Gasteiger partial charge in [0.2, 0.25) is 0 Å². The van der Waals surface area contributed by atoms with Crippen molar-refractivity contribution in [2.24, 2.45) is 0 Å². The van der Waals surface area contributed by atoms with Crippen molar-refractivity contribution in [1.82, 2.24) is 14.8 Å². The van der Waals surface area contributed by atoms with Crippen LogP contribution in [0.1, 0.15) is 6.30 Å². The fourth-order valence-electron chi connectivity index (χ4n) is 1.36. The van der Waals surface area contributed by atoms with E-state index in [4.69, 9.17) is 5.11 Å². The van der Waals surface area contributed by atoms with Crippen LogP contribution in [0.15, 0.2) is 30.6 Å². The molecule has 9 heteroatoms. The molecule has 0 bridgehead atoms. The molecule has 1 aromatic carbocycles. The highest BCUT2D eigenvalue weighted by atomic mass is 19.1. The molecular formula is C10H7FN4O4. The van der Waals surface area contributed by atoms with Gasteiger partial charge in [-0.25, -0.2) is 18.9 Å². The number of benzene rings is 1. The Labute approximate surface area is 105 Å². The second-order valence-electron chi connectivity index (χ2n) is 3.53. The number of halogens is 1. The zero-order chi connectivity index (χ0) is 14.0. The number of carboxylic acid groups (broad SMARTS) is 1. The Bertz CT molecular complexity index is 625. The molecule has 0 spiro atoms. The van der Waals surface area contributed by atoms with Gasteiger partial charge in [-0.05, 0) is 12.1 Å². The smallest absolute Gasteiger partial charge is 0.361 e. The first-order valence-electron chi connectivity index (χ1n) is 5.02. The van der Waals surface area contributed by atoms with Crippen LogP contribution in [0.2, 0.25) is 0 Å².